The van der Waals surface area contributed by atoms with Crippen molar-refractivity contribution in [3.63, 3.8) is 0 Å². The fourth-order valence-electron chi connectivity index (χ4n) is 2.01. The minimum absolute atomic E-state index is 0.328. The smallest absolute Gasteiger partial charge is 0.408 e. The summed E-state index contributed by atoms with van der Waals surface area (Å²) < 4.78 is 7.93. The van der Waals surface area contributed by atoms with Crippen molar-refractivity contribution in [2.45, 2.75) is 39.0 Å². The van der Waals surface area contributed by atoms with Crippen LogP contribution in [0.4, 0.5) is 4.79 Å². The molecule has 23 heavy (non-hydrogen) atoms. The molecule has 0 unspecified atom stereocenters. The van der Waals surface area contributed by atoms with E-state index in [-0.39, 0.29) is 6.04 Å². The molecule has 0 saturated heterocycles. The van der Waals surface area contributed by atoms with E-state index in [0.717, 1.165) is 9.99 Å². The molecule has 2 rings (SSSR count). The molecule has 1 amide bonds. The second-order valence-corrected chi connectivity index (χ2v) is 7.14. The van der Waals surface area contributed by atoms with Crippen molar-refractivity contribution in [1.29, 1.82) is 0 Å². The molecular formula is C15H18BrClN4O2. The summed E-state index contributed by atoms with van der Waals surface area (Å²) in [4.78, 5) is 20.1. The van der Waals surface area contributed by atoms with E-state index in [0.29, 0.717) is 17.3 Å². The van der Waals surface area contributed by atoms with Crippen LogP contribution in [0, 0.1) is 0 Å². The van der Waals surface area contributed by atoms with Gasteiger partial charge < -0.3 is 14.6 Å². The van der Waals surface area contributed by atoms with Crippen LogP contribution in [0.5, 0.6) is 0 Å². The topological polar surface area (TPSA) is 69.0 Å². The molecule has 0 spiro atoms. The van der Waals surface area contributed by atoms with E-state index in [9.17, 15) is 4.79 Å². The number of nitrogens with zero attached hydrogens (tertiary/aromatic N) is 3. The summed E-state index contributed by atoms with van der Waals surface area (Å²) in [6, 6.07) is 1.51. The normalized spacial score (nSPS) is 12.9. The zero-order valence-electron chi connectivity index (χ0n) is 13.1. The number of carbonyl (C=O) groups is 1. The molecule has 6 nitrogen and oxygen atoms in total. The van der Waals surface area contributed by atoms with E-state index in [1.165, 1.54) is 6.33 Å². The highest BCUT2D eigenvalue weighted by molar-refractivity contribution is 9.10. The number of ether oxygens (including phenoxy) is 1. The van der Waals surface area contributed by atoms with E-state index < -0.39 is 11.7 Å². The molecule has 0 aliphatic heterocycles. The fourth-order valence-corrected chi connectivity index (χ4v) is 2.74. The van der Waals surface area contributed by atoms with Gasteiger partial charge in [0.25, 0.3) is 0 Å². The SMILES string of the molecule is C=C[C@H](Cn1c(Br)cc2c(Cl)ncnc21)NC(=O)OC(C)(C)C. The molecule has 8 heteroatoms. The van der Waals surface area contributed by atoms with Gasteiger partial charge in [-0.25, -0.2) is 14.8 Å². The Morgan fingerprint density at radius 3 is 2.87 bits per heavy atom. The lowest BCUT2D eigenvalue weighted by atomic mass is 10.2. The molecule has 124 valence electrons. The van der Waals surface area contributed by atoms with Crippen LogP contribution >= 0.6 is 27.5 Å². The lowest BCUT2D eigenvalue weighted by Gasteiger charge is -2.22. The zero-order chi connectivity index (χ0) is 17.2. The average molecular weight is 402 g/mol. The van der Waals surface area contributed by atoms with E-state index >= 15 is 0 Å². The molecule has 0 saturated carbocycles. The van der Waals surface area contributed by atoms with Gasteiger partial charge in [-0.05, 0) is 42.8 Å². The number of alkyl carbamates (subject to hydrolysis) is 1. The third-order valence-corrected chi connectivity index (χ3v) is 3.92. The van der Waals surface area contributed by atoms with Crippen LogP contribution in [0.15, 0.2) is 29.7 Å². The quantitative estimate of drug-likeness (QED) is 0.622. The number of rotatable bonds is 4. The first kappa shape index (κ1) is 17.7. The summed E-state index contributed by atoms with van der Waals surface area (Å²) in [5.74, 6) is 0. The highest BCUT2D eigenvalue weighted by atomic mass is 79.9. The summed E-state index contributed by atoms with van der Waals surface area (Å²) in [7, 11) is 0. The maximum atomic E-state index is 11.9. The highest BCUT2D eigenvalue weighted by Gasteiger charge is 2.20. The van der Waals surface area contributed by atoms with Gasteiger partial charge >= 0.3 is 6.09 Å². The fraction of sp³-hybridized carbons (Fsp3) is 0.400. The zero-order valence-corrected chi connectivity index (χ0v) is 15.5. The summed E-state index contributed by atoms with van der Waals surface area (Å²) in [5, 5.41) is 3.89. The van der Waals surface area contributed by atoms with Gasteiger partial charge in [0.2, 0.25) is 0 Å². The molecule has 0 aliphatic carbocycles. The van der Waals surface area contributed by atoms with Gasteiger partial charge in [-0.1, -0.05) is 17.7 Å². The maximum Gasteiger partial charge on any atom is 0.408 e. The van der Waals surface area contributed by atoms with Crippen LogP contribution in [-0.4, -0.2) is 32.3 Å². The average Bonchev–Trinajstić information content (AvgIpc) is 2.74. The predicted octanol–water partition coefficient (Wildman–Crippen LogP) is 3.93. The van der Waals surface area contributed by atoms with Gasteiger partial charge in [0.05, 0.1) is 16.0 Å². The number of hydrogen-bond donors (Lipinski definition) is 1. The molecule has 0 aromatic carbocycles. The Kier molecular flexibility index (Phi) is 5.31. The lowest BCUT2D eigenvalue weighted by molar-refractivity contribution is 0.0511. The van der Waals surface area contributed by atoms with Crippen LogP contribution in [0.1, 0.15) is 20.8 Å². The molecule has 2 aromatic heterocycles. The highest BCUT2D eigenvalue weighted by Crippen LogP contribution is 2.27. The van der Waals surface area contributed by atoms with Crippen molar-refractivity contribution >= 4 is 44.7 Å². The molecule has 0 radical (unpaired) electrons. The van der Waals surface area contributed by atoms with Crippen LogP contribution in [0.3, 0.4) is 0 Å². The predicted molar refractivity (Wildman–Crippen MR) is 93.6 cm³/mol. The van der Waals surface area contributed by atoms with E-state index in [4.69, 9.17) is 16.3 Å². The van der Waals surface area contributed by atoms with Gasteiger partial charge in [-0.15, -0.1) is 6.58 Å². The molecule has 0 aliphatic rings. The summed E-state index contributed by atoms with van der Waals surface area (Å²) in [6.45, 7) is 9.62. The Balaban J connectivity index is 2.20. The second-order valence-electron chi connectivity index (χ2n) is 5.97. The lowest BCUT2D eigenvalue weighted by Crippen LogP contribution is -2.40. The van der Waals surface area contributed by atoms with Crippen LogP contribution in [0.25, 0.3) is 11.0 Å². The number of aromatic nitrogens is 3. The van der Waals surface area contributed by atoms with Crippen LogP contribution < -0.4 is 5.32 Å². The molecule has 1 atom stereocenters. The number of amides is 1. The molecule has 2 heterocycles. The number of fused-ring (bicyclic) bond motifs is 1. The summed E-state index contributed by atoms with van der Waals surface area (Å²) in [6.07, 6.45) is 2.55. The molecule has 2 aromatic rings. The first-order chi connectivity index (χ1) is 10.7. The van der Waals surface area contributed by atoms with Gasteiger partial charge in [-0.2, -0.15) is 0 Å². The van der Waals surface area contributed by atoms with E-state index in [2.05, 4.69) is 37.8 Å². The van der Waals surface area contributed by atoms with Crippen LogP contribution in [-0.2, 0) is 11.3 Å². The van der Waals surface area contributed by atoms with Crippen molar-refractivity contribution in [1.82, 2.24) is 19.9 Å². The Morgan fingerprint density at radius 1 is 1.57 bits per heavy atom. The Bertz CT molecular complexity index is 739. The van der Waals surface area contributed by atoms with Gasteiger partial charge in [0.15, 0.2) is 0 Å². The Morgan fingerprint density at radius 2 is 2.26 bits per heavy atom. The first-order valence-electron chi connectivity index (χ1n) is 6.98. The standard InChI is InChI=1S/C15H18BrClN4O2/c1-5-9(20-14(22)23-15(2,3)4)7-21-11(16)6-10-12(17)18-8-19-13(10)21/h5-6,8-9H,1,7H2,2-4H3,(H,20,22)/t9-/m1/s1. The Labute approximate surface area is 148 Å². The van der Waals surface area contributed by atoms with Gasteiger partial charge in [0.1, 0.15) is 22.7 Å². The van der Waals surface area contributed by atoms with Crippen molar-refractivity contribution in [3.05, 3.63) is 34.8 Å². The second kappa shape index (κ2) is 6.88. The number of nitrogens with one attached hydrogen (secondary N) is 1. The number of hydrogen-bond acceptors (Lipinski definition) is 4. The third-order valence-electron chi connectivity index (χ3n) is 2.96. The summed E-state index contributed by atoms with van der Waals surface area (Å²) in [5.41, 5.74) is 0.117. The monoisotopic (exact) mass is 400 g/mol. The molecule has 1 N–H and O–H groups in total. The third kappa shape index (κ3) is 4.45. The van der Waals surface area contributed by atoms with E-state index in [1.807, 2.05) is 31.4 Å². The van der Waals surface area contributed by atoms with Crippen molar-refractivity contribution in [3.8, 4) is 0 Å². The van der Waals surface area contributed by atoms with Crippen molar-refractivity contribution in [2.24, 2.45) is 0 Å². The number of halogens is 2. The first-order valence-corrected chi connectivity index (χ1v) is 8.15. The Hall–Kier alpha value is -1.60. The number of carbonyl (C=O) groups excluding carboxylic acids is 1. The van der Waals surface area contributed by atoms with Crippen molar-refractivity contribution < 1.29 is 9.53 Å². The minimum Gasteiger partial charge on any atom is -0.444 e. The largest absolute Gasteiger partial charge is 0.444 e. The van der Waals surface area contributed by atoms with Gasteiger partial charge in [-0.3, -0.25) is 0 Å². The minimum atomic E-state index is -0.558. The maximum absolute atomic E-state index is 11.9. The molecule has 0 fully saturated rings. The molecular weight excluding hydrogens is 384 g/mol. The van der Waals surface area contributed by atoms with Crippen molar-refractivity contribution in [2.75, 3.05) is 0 Å². The van der Waals surface area contributed by atoms with E-state index in [1.54, 1.807) is 6.08 Å². The van der Waals surface area contributed by atoms with Gasteiger partial charge in [0, 0.05) is 6.54 Å². The molecule has 0 bridgehead atoms. The summed E-state index contributed by atoms with van der Waals surface area (Å²) >= 11 is 9.55. The van der Waals surface area contributed by atoms with Crippen LogP contribution in [0.2, 0.25) is 5.15 Å².